The third-order valence-electron chi connectivity index (χ3n) is 4.95. The van der Waals surface area contributed by atoms with E-state index in [-0.39, 0.29) is 5.56 Å². The number of halogens is 1. The normalized spacial score (nSPS) is 17.7. The van der Waals surface area contributed by atoms with Crippen LogP contribution in [0.3, 0.4) is 0 Å². The van der Waals surface area contributed by atoms with Gasteiger partial charge in [0.05, 0.1) is 16.4 Å². The van der Waals surface area contributed by atoms with E-state index in [0.717, 1.165) is 79.8 Å². The molecule has 1 aromatic carbocycles. The maximum atomic E-state index is 12.3. The highest BCUT2D eigenvalue weighted by Crippen LogP contribution is 2.26. The number of piperazine rings is 1. The van der Waals surface area contributed by atoms with E-state index in [9.17, 15) is 4.79 Å². The summed E-state index contributed by atoms with van der Waals surface area (Å²) in [6.45, 7) is 3.38. The molecule has 0 spiro atoms. The molecule has 4 rings (SSSR count). The SMILES string of the molecule is O=c1[nH]c(N2CCN(c3ccccc3Cl)CC2)nc2c1CCCC2. The highest BCUT2D eigenvalue weighted by molar-refractivity contribution is 6.33. The predicted octanol–water partition coefficient (Wildman–Crippen LogP) is 2.63. The van der Waals surface area contributed by atoms with Gasteiger partial charge >= 0.3 is 0 Å². The molecule has 126 valence electrons. The second kappa shape index (κ2) is 6.48. The number of anilines is 2. The number of benzene rings is 1. The number of hydrogen-bond acceptors (Lipinski definition) is 4. The molecule has 0 unspecified atom stereocenters. The van der Waals surface area contributed by atoms with Gasteiger partial charge in [0.2, 0.25) is 5.95 Å². The molecule has 2 aromatic rings. The van der Waals surface area contributed by atoms with Gasteiger partial charge in [-0.15, -0.1) is 0 Å². The summed E-state index contributed by atoms with van der Waals surface area (Å²) in [6, 6.07) is 7.93. The Balaban J connectivity index is 1.51. The zero-order chi connectivity index (χ0) is 16.5. The largest absolute Gasteiger partial charge is 0.367 e. The second-order valence-electron chi connectivity index (χ2n) is 6.45. The lowest BCUT2D eigenvalue weighted by molar-refractivity contribution is 0.620. The number of H-pyrrole nitrogens is 1. The molecule has 5 nitrogen and oxygen atoms in total. The van der Waals surface area contributed by atoms with Crippen LogP contribution in [-0.2, 0) is 12.8 Å². The minimum atomic E-state index is 0.0447. The monoisotopic (exact) mass is 344 g/mol. The van der Waals surface area contributed by atoms with Gasteiger partial charge in [-0.05, 0) is 37.8 Å². The average molecular weight is 345 g/mol. The van der Waals surface area contributed by atoms with Crippen molar-refractivity contribution in [3.05, 3.63) is 50.9 Å². The molecule has 1 N–H and O–H groups in total. The summed E-state index contributed by atoms with van der Waals surface area (Å²) >= 11 is 6.30. The van der Waals surface area contributed by atoms with Crippen LogP contribution in [0, 0.1) is 0 Å². The summed E-state index contributed by atoms with van der Waals surface area (Å²) in [5.74, 6) is 0.722. The molecule has 0 saturated carbocycles. The Kier molecular flexibility index (Phi) is 4.19. The molecular formula is C18H21ClN4O. The Morgan fingerprint density at radius 1 is 1.00 bits per heavy atom. The van der Waals surface area contributed by atoms with Gasteiger partial charge in [0, 0.05) is 31.7 Å². The lowest BCUT2D eigenvalue weighted by Crippen LogP contribution is -2.47. The first-order valence-corrected chi connectivity index (χ1v) is 8.96. The van der Waals surface area contributed by atoms with Crippen LogP contribution in [0.15, 0.2) is 29.1 Å². The number of nitrogens with zero attached hydrogens (tertiary/aromatic N) is 3. The number of nitrogens with one attached hydrogen (secondary N) is 1. The van der Waals surface area contributed by atoms with Gasteiger partial charge in [-0.2, -0.15) is 0 Å². The Labute approximate surface area is 146 Å². The third-order valence-corrected chi connectivity index (χ3v) is 5.27. The van der Waals surface area contributed by atoms with Crippen molar-refractivity contribution in [3.63, 3.8) is 0 Å². The van der Waals surface area contributed by atoms with Crippen LogP contribution >= 0.6 is 11.6 Å². The van der Waals surface area contributed by atoms with Crippen molar-refractivity contribution in [2.75, 3.05) is 36.0 Å². The van der Waals surface area contributed by atoms with Crippen molar-refractivity contribution in [2.45, 2.75) is 25.7 Å². The molecule has 2 aliphatic rings. The van der Waals surface area contributed by atoms with Gasteiger partial charge in [0.15, 0.2) is 0 Å². The number of aromatic amines is 1. The molecule has 0 bridgehead atoms. The Morgan fingerprint density at radius 3 is 2.50 bits per heavy atom. The van der Waals surface area contributed by atoms with Crippen molar-refractivity contribution in [3.8, 4) is 0 Å². The van der Waals surface area contributed by atoms with Crippen LogP contribution in [-0.4, -0.2) is 36.1 Å². The Bertz CT molecular complexity index is 796. The minimum absolute atomic E-state index is 0.0447. The molecule has 0 atom stereocenters. The number of hydrogen-bond donors (Lipinski definition) is 1. The van der Waals surface area contributed by atoms with E-state index in [1.165, 1.54) is 0 Å². The molecule has 1 aliphatic carbocycles. The maximum absolute atomic E-state index is 12.3. The van der Waals surface area contributed by atoms with Gasteiger partial charge in [-0.1, -0.05) is 23.7 Å². The molecule has 6 heteroatoms. The van der Waals surface area contributed by atoms with Crippen LogP contribution in [0.1, 0.15) is 24.1 Å². The van der Waals surface area contributed by atoms with Crippen molar-refractivity contribution >= 4 is 23.2 Å². The summed E-state index contributed by atoms with van der Waals surface area (Å²) in [7, 11) is 0. The summed E-state index contributed by atoms with van der Waals surface area (Å²) < 4.78 is 0. The Hall–Kier alpha value is -2.01. The molecule has 1 aromatic heterocycles. The van der Waals surface area contributed by atoms with Crippen LogP contribution in [0.5, 0.6) is 0 Å². The fourth-order valence-electron chi connectivity index (χ4n) is 3.61. The number of rotatable bonds is 2. The van der Waals surface area contributed by atoms with Crippen LogP contribution < -0.4 is 15.4 Å². The topological polar surface area (TPSA) is 52.2 Å². The number of para-hydroxylation sites is 1. The fraction of sp³-hybridized carbons (Fsp3) is 0.444. The van der Waals surface area contributed by atoms with Gasteiger partial charge in [-0.3, -0.25) is 9.78 Å². The van der Waals surface area contributed by atoms with E-state index >= 15 is 0 Å². The molecular weight excluding hydrogens is 324 g/mol. The molecule has 24 heavy (non-hydrogen) atoms. The van der Waals surface area contributed by atoms with E-state index < -0.39 is 0 Å². The highest BCUT2D eigenvalue weighted by atomic mass is 35.5. The van der Waals surface area contributed by atoms with Gasteiger partial charge < -0.3 is 9.80 Å². The smallest absolute Gasteiger partial charge is 0.255 e. The lowest BCUT2D eigenvalue weighted by atomic mass is 9.97. The first-order valence-electron chi connectivity index (χ1n) is 8.59. The average Bonchev–Trinajstić information content (AvgIpc) is 2.62. The van der Waals surface area contributed by atoms with Crippen LogP contribution in [0.2, 0.25) is 5.02 Å². The first-order chi connectivity index (χ1) is 11.7. The zero-order valence-electron chi connectivity index (χ0n) is 13.6. The summed E-state index contributed by atoms with van der Waals surface area (Å²) in [6.07, 6.45) is 4.00. The highest BCUT2D eigenvalue weighted by Gasteiger charge is 2.22. The van der Waals surface area contributed by atoms with Gasteiger partial charge in [0.25, 0.3) is 5.56 Å². The standard InChI is InChI=1S/C18H21ClN4O/c19-14-6-2-4-8-16(14)22-9-11-23(12-10-22)18-20-15-7-3-1-5-13(15)17(24)21-18/h2,4,6,8H,1,3,5,7,9-12H2,(H,20,21,24). The third kappa shape index (κ3) is 2.88. The minimum Gasteiger partial charge on any atom is -0.367 e. The number of fused-ring (bicyclic) bond motifs is 1. The van der Waals surface area contributed by atoms with Crippen molar-refractivity contribution in [1.29, 1.82) is 0 Å². The number of aryl methyl sites for hydroxylation is 1. The molecule has 0 radical (unpaired) electrons. The zero-order valence-corrected chi connectivity index (χ0v) is 14.4. The second-order valence-corrected chi connectivity index (χ2v) is 6.85. The van der Waals surface area contributed by atoms with Crippen LogP contribution in [0.25, 0.3) is 0 Å². The summed E-state index contributed by atoms with van der Waals surface area (Å²) in [5, 5.41) is 0.784. The molecule has 0 amide bonds. The molecule has 1 fully saturated rings. The van der Waals surface area contributed by atoms with E-state index in [1.54, 1.807) is 0 Å². The first kappa shape index (κ1) is 15.5. The summed E-state index contributed by atoms with van der Waals surface area (Å²) in [5.41, 5.74) is 3.00. The lowest BCUT2D eigenvalue weighted by Gasteiger charge is -2.37. The van der Waals surface area contributed by atoms with E-state index in [4.69, 9.17) is 16.6 Å². The molecule has 1 saturated heterocycles. The fourth-order valence-corrected chi connectivity index (χ4v) is 3.86. The maximum Gasteiger partial charge on any atom is 0.255 e. The number of aromatic nitrogens is 2. The van der Waals surface area contributed by atoms with Crippen molar-refractivity contribution in [2.24, 2.45) is 0 Å². The molecule has 1 aliphatic heterocycles. The van der Waals surface area contributed by atoms with E-state index in [0.29, 0.717) is 0 Å². The van der Waals surface area contributed by atoms with Crippen molar-refractivity contribution in [1.82, 2.24) is 9.97 Å². The molecule has 2 heterocycles. The predicted molar refractivity (Wildman–Crippen MR) is 97.4 cm³/mol. The van der Waals surface area contributed by atoms with Gasteiger partial charge in [0.1, 0.15) is 0 Å². The van der Waals surface area contributed by atoms with E-state index in [2.05, 4.69) is 20.9 Å². The van der Waals surface area contributed by atoms with Crippen molar-refractivity contribution < 1.29 is 0 Å². The quantitative estimate of drug-likeness (QED) is 0.910. The Morgan fingerprint density at radius 2 is 1.71 bits per heavy atom. The van der Waals surface area contributed by atoms with Crippen LogP contribution in [0.4, 0.5) is 11.6 Å². The van der Waals surface area contributed by atoms with Gasteiger partial charge in [-0.25, -0.2) is 4.98 Å². The van der Waals surface area contributed by atoms with E-state index in [1.807, 2.05) is 18.2 Å². The summed E-state index contributed by atoms with van der Waals surface area (Å²) in [4.78, 5) is 24.5.